The Kier molecular flexibility index (Phi) is 1.90. The highest BCUT2D eigenvalue weighted by Gasteiger charge is 2.36. The number of amides is 2. The predicted octanol–water partition coefficient (Wildman–Crippen LogP) is 0.162. The third-order valence-electron chi connectivity index (χ3n) is 1.02. The van der Waals surface area contributed by atoms with Crippen molar-refractivity contribution in [2.45, 2.75) is 12.6 Å². The number of nitrogens with one attached hydrogen (secondary N) is 2. The van der Waals surface area contributed by atoms with Crippen molar-refractivity contribution in [1.82, 2.24) is 10.6 Å². The molecule has 0 saturated carbocycles. The molecule has 0 aliphatic carbocycles. The van der Waals surface area contributed by atoms with Gasteiger partial charge in [0.05, 0.1) is 6.54 Å². The molecule has 0 aromatic rings. The summed E-state index contributed by atoms with van der Waals surface area (Å²) in [6.45, 7) is -0.168. The highest BCUT2D eigenvalue weighted by molar-refractivity contribution is 5.76. The Balaban J connectivity index is 2.34. The van der Waals surface area contributed by atoms with E-state index in [-0.39, 0.29) is 6.54 Å². The lowest BCUT2D eigenvalue weighted by atomic mass is 10.6. The second-order valence-corrected chi connectivity index (χ2v) is 1.91. The number of ether oxygens (including phenoxy) is 1. The van der Waals surface area contributed by atoms with Crippen LogP contribution in [0.25, 0.3) is 0 Å². The first-order valence-electron chi connectivity index (χ1n) is 2.76. The fraction of sp³-hybridized carbons (Fsp3) is 0.750. The predicted molar refractivity (Wildman–Crippen MR) is 27.5 cm³/mol. The smallest absolute Gasteiger partial charge is 0.334 e. The van der Waals surface area contributed by atoms with E-state index in [1.807, 2.05) is 5.32 Å². The van der Waals surface area contributed by atoms with Crippen LogP contribution in [-0.4, -0.2) is 25.2 Å². The average Bonchev–Trinajstić information content (AvgIpc) is 2.10. The molecule has 2 N–H and O–H groups in total. The average molecular weight is 170 g/mol. The first-order valence-corrected chi connectivity index (χ1v) is 2.76. The topological polar surface area (TPSA) is 50.4 Å². The van der Waals surface area contributed by atoms with Gasteiger partial charge in [0, 0.05) is 0 Å². The summed E-state index contributed by atoms with van der Waals surface area (Å²) >= 11 is 0. The van der Waals surface area contributed by atoms with Crippen molar-refractivity contribution in [1.29, 1.82) is 0 Å². The van der Waals surface area contributed by atoms with Gasteiger partial charge >= 0.3 is 12.4 Å². The van der Waals surface area contributed by atoms with Gasteiger partial charge in [0.1, 0.15) is 0 Å². The normalized spacial score (nSPS) is 24.6. The standard InChI is InChI=1S/C4H5F3N2O2/c5-4(6,7)11-2-1-8-3(10)9-2/h2H,1H2,(H2,8,9,10). The molecule has 1 aliphatic rings. The van der Waals surface area contributed by atoms with Crippen LogP contribution in [0.4, 0.5) is 18.0 Å². The molecule has 0 aromatic heterocycles. The Morgan fingerprint density at radius 2 is 2.18 bits per heavy atom. The lowest BCUT2D eigenvalue weighted by Crippen LogP contribution is -2.34. The van der Waals surface area contributed by atoms with Gasteiger partial charge in [-0.2, -0.15) is 0 Å². The van der Waals surface area contributed by atoms with Gasteiger partial charge in [-0.3, -0.25) is 4.74 Å². The molecule has 0 bridgehead atoms. The van der Waals surface area contributed by atoms with Crippen molar-refractivity contribution < 1.29 is 22.7 Å². The van der Waals surface area contributed by atoms with Crippen LogP contribution < -0.4 is 10.6 Å². The molecule has 7 heteroatoms. The fourth-order valence-electron chi connectivity index (χ4n) is 0.666. The molecule has 64 valence electrons. The van der Waals surface area contributed by atoms with E-state index in [2.05, 4.69) is 10.1 Å². The third-order valence-corrected chi connectivity index (χ3v) is 1.02. The Morgan fingerprint density at radius 1 is 1.55 bits per heavy atom. The van der Waals surface area contributed by atoms with Gasteiger partial charge in [-0.05, 0) is 0 Å². The molecular formula is C4H5F3N2O2. The number of halogens is 3. The highest BCUT2D eigenvalue weighted by Crippen LogP contribution is 2.18. The van der Waals surface area contributed by atoms with E-state index < -0.39 is 18.6 Å². The number of hydrogen-bond donors (Lipinski definition) is 2. The van der Waals surface area contributed by atoms with Crippen molar-refractivity contribution in [2.24, 2.45) is 0 Å². The largest absolute Gasteiger partial charge is 0.524 e. The van der Waals surface area contributed by atoms with E-state index in [1.165, 1.54) is 0 Å². The van der Waals surface area contributed by atoms with Gasteiger partial charge in [0.2, 0.25) is 0 Å². The fourth-order valence-corrected chi connectivity index (χ4v) is 0.666. The summed E-state index contributed by atoms with van der Waals surface area (Å²) in [6, 6.07) is -0.653. The van der Waals surface area contributed by atoms with Gasteiger partial charge < -0.3 is 10.6 Å². The maximum absolute atomic E-state index is 11.4. The van der Waals surface area contributed by atoms with E-state index in [0.29, 0.717) is 0 Å². The number of rotatable bonds is 1. The first kappa shape index (κ1) is 8.12. The lowest BCUT2D eigenvalue weighted by molar-refractivity contribution is -0.342. The van der Waals surface area contributed by atoms with Crippen LogP contribution in [0.3, 0.4) is 0 Å². The van der Waals surface area contributed by atoms with Crippen LogP contribution >= 0.6 is 0 Å². The van der Waals surface area contributed by atoms with Crippen molar-refractivity contribution in [2.75, 3.05) is 6.54 Å². The molecule has 0 aromatic carbocycles. The monoisotopic (exact) mass is 170 g/mol. The van der Waals surface area contributed by atoms with Gasteiger partial charge in [-0.1, -0.05) is 0 Å². The quantitative estimate of drug-likeness (QED) is 0.589. The Hall–Kier alpha value is -0.980. The molecule has 1 rings (SSSR count). The summed E-state index contributed by atoms with van der Waals surface area (Å²) in [5.41, 5.74) is 0. The minimum atomic E-state index is -4.70. The Morgan fingerprint density at radius 3 is 2.55 bits per heavy atom. The summed E-state index contributed by atoms with van der Waals surface area (Å²) < 4.78 is 37.8. The van der Waals surface area contributed by atoms with E-state index >= 15 is 0 Å². The maximum atomic E-state index is 11.4. The number of carbonyl (C=O) groups is 1. The van der Waals surface area contributed by atoms with Gasteiger partial charge in [0.25, 0.3) is 0 Å². The Labute approximate surface area is 59.7 Å². The van der Waals surface area contributed by atoms with Crippen LogP contribution in [0.15, 0.2) is 0 Å². The maximum Gasteiger partial charge on any atom is 0.524 e. The minimum Gasteiger partial charge on any atom is -0.334 e. The molecule has 1 heterocycles. The van der Waals surface area contributed by atoms with Crippen LogP contribution in [0.1, 0.15) is 0 Å². The summed E-state index contributed by atoms with van der Waals surface area (Å²) in [5, 5.41) is 4.04. The molecule has 1 aliphatic heterocycles. The number of urea groups is 1. The molecule has 1 saturated heterocycles. The highest BCUT2D eigenvalue weighted by atomic mass is 19.4. The van der Waals surface area contributed by atoms with Gasteiger partial charge in [-0.15, -0.1) is 13.2 Å². The Bertz CT molecular complexity index is 169. The molecule has 2 amide bonds. The molecule has 4 nitrogen and oxygen atoms in total. The van der Waals surface area contributed by atoms with E-state index in [4.69, 9.17) is 0 Å². The third kappa shape index (κ3) is 2.62. The van der Waals surface area contributed by atoms with Crippen LogP contribution in [-0.2, 0) is 4.74 Å². The SMILES string of the molecule is O=C1NCC(OC(F)(F)F)N1. The van der Waals surface area contributed by atoms with Crippen molar-refractivity contribution in [3.8, 4) is 0 Å². The summed E-state index contributed by atoms with van der Waals surface area (Å²) in [5.74, 6) is 0. The molecule has 0 radical (unpaired) electrons. The molecule has 1 unspecified atom stereocenters. The van der Waals surface area contributed by atoms with Crippen molar-refractivity contribution in [3.63, 3.8) is 0 Å². The lowest BCUT2D eigenvalue weighted by Gasteiger charge is -2.11. The second-order valence-electron chi connectivity index (χ2n) is 1.91. The number of hydrogen-bond acceptors (Lipinski definition) is 2. The summed E-state index contributed by atoms with van der Waals surface area (Å²) in [7, 11) is 0. The van der Waals surface area contributed by atoms with E-state index in [9.17, 15) is 18.0 Å². The van der Waals surface area contributed by atoms with E-state index in [1.54, 1.807) is 0 Å². The van der Waals surface area contributed by atoms with Crippen LogP contribution in [0.2, 0.25) is 0 Å². The molecule has 1 atom stereocenters. The van der Waals surface area contributed by atoms with Crippen LogP contribution in [0, 0.1) is 0 Å². The molecular weight excluding hydrogens is 165 g/mol. The summed E-state index contributed by atoms with van der Waals surface area (Å²) in [6.07, 6.45) is -6.01. The molecule has 0 spiro atoms. The van der Waals surface area contributed by atoms with Crippen molar-refractivity contribution >= 4 is 6.03 Å². The number of alkyl halides is 3. The van der Waals surface area contributed by atoms with E-state index in [0.717, 1.165) is 0 Å². The zero-order chi connectivity index (χ0) is 8.48. The zero-order valence-corrected chi connectivity index (χ0v) is 5.23. The number of carbonyl (C=O) groups excluding carboxylic acids is 1. The van der Waals surface area contributed by atoms with Crippen LogP contribution in [0.5, 0.6) is 0 Å². The minimum absolute atomic E-state index is 0.168. The summed E-state index contributed by atoms with van der Waals surface area (Å²) in [4.78, 5) is 10.3. The van der Waals surface area contributed by atoms with Gasteiger partial charge in [-0.25, -0.2) is 4.79 Å². The second kappa shape index (κ2) is 2.57. The van der Waals surface area contributed by atoms with Gasteiger partial charge in [0.15, 0.2) is 6.23 Å². The zero-order valence-electron chi connectivity index (χ0n) is 5.23. The first-order chi connectivity index (χ1) is 4.97. The molecule has 11 heavy (non-hydrogen) atoms. The molecule has 1 fully saturated rings. The van der Waals surface area contributed by atoms with Crippen molar-refractivity contribution in [3.05, 3.63) is 0 Å².